The zero-order chi connectivity index (χ0) is 8.27. The largest absolute Gasteiger partial charge is 0.329 e. The van der Waals surface area contributed by atoms with Crippen molar-refractivity contribution in [2.75, 3.05) is 6.54 Å². The molecule has 1 heterocycles. The van der Waals surface area contributed by atoms with Gasteiger partial charge in [-0.1, -0.05) is 13.5 Å². The number of piperidine rings is 1. The van der Waals surface area contributed by atoms with Crippen molar-refractivity contribution in [1.29, 1.82) is 0 Å². The molecule has 0 spiro atoms. The van der Waals surface area contributed by atoms with Gasteiger partial charge in [0.25, 0.3) is 0 Å². The molecule has 1 unspecified atom stereocenters. The second kappa shape index (κ2) is 3.53. The Balaban J connectivity index is 2.44. The lowest BCUT2D eigenvalue weighted by Gasteiger charge is -2.23. The molecule has 11 heavy (non-hydrogen) atoms. The molecule has 2 N–H and O–H groups in total. The number of hydrogen-bond acceptors (Lipinski definition) is 2. The summed E-state index contributed by atoms with van der Waals surface area (Å²) in [5.74, 6) is 0.0584. The first-order valence-corrected chi connectivity index (χ1v) is 3.96. The van der Waals surface area contributed by atoms with Crippen LogP contribution in [0.2, 0.25) is 0 Å². The lowest BCUT2D eigenvalue weighted by atomic mass is 10.0. The quantitative estimate of drug-likeness (QED) is 0.604. The van der Waals surface area contributed by atoms with E-state index in [-0.39, 0.29) is 11.9 Å². The smallest absolute Gasteiger partial charge is 0.241 e. The normalized spacial score (nSPS) is 25.0. The van der Waals surface area contributed by atoms with E-state index in [2.05, 4.69) is 17.2 Å². The monoisotopic (exact) mass is 154 g/mol. The van der Waals surface area contributed by atoms with Crippen LogP contribution in [0.4, 0.5) is 0 Å². The maximum atomic E-state index is 11.2. The van der Waals surface area contributed by atoms with Crippen LogP contribution >= 0.6 is 0 Å². The van der Waals surface area contributed by atoms with Gasteiger partial charge in [-0.15, -0.1) is 0 Å². The number of nitrogens with one attached hydrogen (secondary N) is 2. The Morgan fingerprint density at radius 1 is 1.82 bits per heavy atom. The van der Waals surface area contributed by atoms with Crippen molar-refractivity contribution in [3.05, 3.63) is 12.3 Å². The van der Waals surface area contributed by atoms with Crippen LogP contribution < -0.4 is 10.6 Å². The summed E-state index contributed by atoms with van der Waals surface area (Å²) in [4.78, 5) is 11.2. The molecular formula is C8H14N2O. The third-order valence-electron chi connectivity index (χ3n) is 1.80. The SMILES string of the molecule is C=C1CCC(NCC)C(=O)N1. The van der Waals surface area contributed by atoms with Gasteiger partial charge in [0.1, 0.15) is 0 Å². The van der Waals surface area contributed by atoms with Crippen molar-refractivity contribution in [3.8, 4) is 0 Å². The van der Waals surface area contributed by atoms with E-state index in [1.54, 1.807) is 0 Å². The minimum absolute atomic E-state index is 0.00880. The van der Waals surface area contributed by atoms with E-state index in [1.165, 1.54) is 0 Å². The van der Waals surface area contributed by atoms with Crippen molar-refractivity contribution in [1.82, 2.24) is 10.6 Å². The molecule has 0 radical (unpaired) electrons. The van der Waals surface area contributed by atoms with Gasteiger partial charge in [0.05, 0.1) is 6.04 Å². The van der Waals surface area contributed by atoms with E-state index < -0.39 is 0 Å². The van der Waals surface area contributed by atoms with E-state index in [9.17, 15) is 4.79 Å². The summed E-state index contributed by atoms with van der Waals surface area (Å²) in [6.07, 6.45) is 1.77. The highest BCUT2D eigenvalue weighted by atomic mass is 16.2. The second-order valence-corrected chi connectivity index (χ2v) is 2.74. The number of rotatable bonds is 2. The summed E-state index contributed by atoms with van der Waals surface area (Å²) in [5, 5.41) is 5.82. The fourth-order valence-corrected chi connectivity index (χ4v) is 1.21. The fraction of sp³-hybridized carbons (Fsp3) is 0.625. The highest BCUT2D eigenvalue weighted by Gasteiger charge is 2.21. The average Bonchev–Trinajstić information content (AvgIpc) is 1.95. The Morgan fingerprint density at radius 2 is 2.55 bits per heavy atom. The lowest BCUT2D eigenvalue weighted by molar-refractivity contribution is -0.123. The zero-order valence-corrected chi connectivity index (χ0v) is 6.81. The maximum absolute atomic E-state index is 11.2. The summed E-state index contributed by atoms with van der Waals surface area (Å²) in [5.41, 5.74) is 0.837. The van der Waals surface area contributed by atoms with Crippen LogP contribution in [0.5, 0.6) is 0 Å². The molecule has 3 heteroatoms. The van der Waals surface area contributed by atoms with Gasteiger partial charge in [0.2, 0.25) is 5.91 Å². The molecule has 1 rings (SSSR count). The van der Waals surface area contributed by atoms with Gasteiger partial charge in [0.15, 0.2) is 0 Å². The Morgan fingerprint density at radius 3 is 3.09 bits per heavy atom. The summed E-state index contributed by atoms with van der Waals surface area (Å²) >= 11 is 0. The number of hydrogen-bond donors (Lipinski definition) is 2. The maximum Gasteiger partial charge on any atom is 0.241 e. The van der Waals surface area contributed by atoms with Crippen LogP contribution in [-0.4, -0.2) is 18.5 Å². The van der Waals surface area contributed by atoms with Crippen molar-refractivity contribution >= 4 is 5.91 Å². The van der Waals surface area contributed by atoms with Crippen molar-refractivity contribution in [3.63, 3.8) is 0 Å². The van der Waals surface area contributed by atoms with Gasteiger partial charge in [-0.2, -0.15) is 0 Å². The van der Waals surface area contributed by atoms with Crippen LogP contribution in [0.1, 0.15) is 19.8 Å². The summed E-state index contributed by atoms with van der Waals surface area (Å²) in [6.45, 7) is 6.53. The molecule has 62 valence electrons. The predicted octanol–water partition coefficient (Wildman–Crippen LogP) is 0.388. The Bertz CT molecular complexity index is 177. The molecule has 0 bridgehead atoms. The molecule has 1 saturated heterocycles. The highest BCUT2D eigenvalue weighted by molar-refractivity contribution is 5.84. The molecule has 0 aromatic carbocycles. The van der Waals surface area contributed by atoms with Crippen LogP contribution in [0.25, 0.3) is 0 Å². The van der Waals surface area contributed by atoms with E-state index in [0.717, 1.165) is 25.1 Å². The van der Waals surface area contributed by atoms with E-state index in [4.69, 9.17) is 0 Å². The highest BCUT2D eigenvalue weighted by Crippen LogP contribution is 2.09. The van der Waals surface area contributed by atoms with E-state index in [0.29, 0.717) is 0 Å². The lowest BCUT2D eigenvalue weighted by Crippen LogP contribution is -2.47. The predicted molar refractivity (Wildman–Crippen MR) is 44.0 cm³/mol. The minimum Gasteiger partial charge on any atom is -0.329 e. The summed E-state index contributed by atoms with van der Waals surface area (Å²) < 4.78 is 0. The molecule has 0 saturated carbocycles. The molecule has 1 fully saturated rings. The number of amides is 1. The number of carbonyl (C=O) groups excluding carboxylic acids is 1. The summed E-state index contributed by atoms with van der Waals surface area (Å²) in [7, 11) is 0. The summed E-state index contributed by atoms with van der Waals surface area (Å²) in [6, 6.07) is -0.00880. The van der Waals surface area contributed by atoms with Crippen LogP contribution in [-0.2, 0) is 4.79 Å². The average molecular weight is 154 g/mol. The Labute approximate surface area is 66.9 Å². The third-order valence-corrected chi connectivity index (χ3v) is 1.80. The first-order chi connectivity index (χ1) is 5.24. The van der Waals surface area contributed by atoms with Crippen molar-refractivity contribution in [2.24, 2.45) is 0 Å². The van der Waals surface area contributed by atoms with Crippen LogP contribution in [0.15, 0.2) is 12.3 Å². The third kappa shape index (κ3) is 2.05. The number of likely N-dealkylation sites (N-methyl/N-ethyl adjacent to an activating group) is 1. The van der Waals surface area contributed by atoms with Gasteiger partial charge in [0, 0.05) is 5.70 Å². The van der Waals surface area contributed by atoms with E-state index >= 15 is 0 Å². The molecule has 1 aliphatic heterocycles. The Kier molecular flexibility index (Phi) is 2.65. The molecule has 1 atom stereocenters. The Hall–Kier alpha value is -0.830. The molecule has 0 aliphatic carbocycles. The van der Waals surface area contributed by atoms with Crippen LogP contribution in [0.3, 0.4) is 0 Å². The minimum atomic E-state index is -0.00880. The topological polar surface area (TPSA) is 41.1 Å². The number of carbonyl (C=O) groups is 1. The van der Waals surface area contributed by atoms with Gasteiger partial charge in [-0.05, 0) is 19.4 Å². The van der Waals surface area contributed by atoms with Crippen molar-refractivity contribution in [2.45, 2.75) is 25.8 Å². The van der Waals surface area contributed by atoms with Gasteiger partial charge >= 0.3 is 0 Å². The number of allylic oxidation sites excluding steroid dienone is 1. The van der Waals surface area contributed by atoms with E-state index in [1.807, 2.05) is 6.92 Å². The molecule has 1 amide bonds. The molecule has 3 nitrogen and oxygen atoms in total. The molecular weight excluding hydrogens is 140 g/mol. The van der Waals surface area contributed by atoms with Gasteiger partial charge < -0.3 is 10.6 Å². The van der Waals surface area contributed by atoms with Gasteiger partial charge in [-0.3, -0.25) is 4.79 Å². The van der Waals surface area contributed by atoms with Crippen LogP contribution in [0, 0.1) is 0 Å². The first kappa shape index (κ1) is 8.27. The molecule has 1 aliphatic rings. The van der Waals surface area contributed by atoms with Gasteiger partial charge in [-0.25, -0.2) is 0 Å². The standard InChI is InChI=1S/C8H14N2O/c1-3-9-7-5-4-6(2)10-8(7)11/h7,9H,2-5H2,1H3,(H,10,11). The second-order valence-electron chi connectivity index (χ2n) is 2.74. The zero-order valence-electron chi connectivity index (χ0n) is 6.81. The molecule has 0 aromatic heterocycles. The first-order valence-electron chi connectivity index (χ1n) is 3.96. The molecule has 0 aromatic rings. The van der Waals surface area contributed by atoms with Crippen molar-refractivity contribution < 1.29 is 4.79 Å². The fourth-order valence-electron chi connectivity index (χ4n) is 1.21.